The molecule has 4 aromatic rings. The van der Waals surface area contributed by atoms with E-state index in [2.05, 4.69) is 16.7 Å². The highest BCUT2D eigenvalue weighted by molar-refractivity contribution is 6.09. The number of hydrogen-bond donors (Lipinski definition) is 3. The molecular formula is C26H22N4O3. The fourth-order valence-electron chi connectivity index (χ4n) is 3.86. The SMILES string of the molecule is CC(NC(=O)c1c(Nc2cccc(C#N)c2)c2ccccc2n1C)c1ccc(C(=O)O)cc1. The lowest BCUT2D eigenvalue weighted by Gasteiger charge is -2.16. The summed E-state index contributed by atoms with van der Waals surface area (Å²) in [6, 6.07) is 23.0. The molecule has 0 spiro atoms. The summed E-state index contributed by atoms with van der Waals surface area (Å²) in [4.78, 5) is 24.5. The molecule has 0 radical (unpaired) electrons. The van der Waals surface area contributed by atoms with E-state index in [1.165, 1.54) is 12.1 Å². The van der Waals surface area contributed by atoms with Crippen molar-refractivity contribution in [3.05, 3.63) is 95.2 Å². The molecule has 7 nitrogen and oxygen atoms in total. The van der Waals surface area contributed by atoms with Crippen molar-refractivity contribution in [1.29, 1.82) is 5.26 Å². The molecular weight excluding hydrogens is 416 g/mol. The molecule has 7 heteroatoms. The van der Waals surface area contributed by atoms with Gasteiger partial charge < -0.3 is 20.3 Å². The number of carbonyl (C=O) groups is 2. The summed E-state index contributed by atoms with van der Waals surface area (Å²) in [5.41, 5.74) is 4.20. The molecule has 164 valence electrons. The molecule has 0 aliphatic heterocycles. The number of aromatic nitrogens is 1. The second kappa shape index (κ2) is 8.89. The van der Waals surface area contributed by atoms with Gasteiger partial charge in [-0.25, -0.2) is 4.79 Å². The number of carbonyl (C=O) groups excluding carboxylic acids is 1. The molecule has 1 aromatic heterocycles. The highest BCUT2D eigenvalue weighted by atomic mass is 16.4. The van der Waals surface area contributed by atoms with Crippen LogP contribution in [0.15, 0.2) is 72.8 Å². The van der Waals surface area contributed by atoms with Gasteiger partial charge in [0, 0.05) is 18.1 Å². The first kappa shape index (κ1) is 21.7. The fourth-order valence-corrected chi connectivity index (χ4v) is 3.86. The van der Waals surface area contributed by atoms with Crippen LogP contribution in [0.25, 0.3) is 10.9 Å². The molecule has 0 aliphatic rings. The van der Waals surface area contributed by atoms with Crippen LogP contribution in [-0.4, -0.2) is 21.6 Å². The van der Waals surface area contributed by atoms with Gasteiger partial charge in [0.1, 0.15) is 5.69 Å². The maximum atomic E-state index is 13.4. The normalized spacial score (nSPS) is 11.5. The molecule has 0 bridgehead atoms. The largest absolute Gasteiger partial charge is 0.478 e. The number of hydrogen-bond acceptors (Lipinski definition) is 4. The lowest BCUT2D eigenvalue weighted by atomic mass is 10.1. The van der Waals surface area contributed by atoms with Gasteiger partial charge in [-0.2, -0.15) is 5.26 Å². The lowest BCUT2D eigenvalue weighted by molar-refractivity contribution is 0.0696. The van der Waals surface area contributed by atoms with Gasteiger partial charge >= 0.3 is 5.97 Å². The van der Waals surface area contributed by atoms with Crippen LogP contribution >= 0.6 is 0 Å². The second-order valence-corrected chi connectivity index (χ2v) is 7.74. The fraction of sp³-hybridized carbons (Fsp3) is 0.115. The van der Waals surface area contributed by atoms with Crippen LogP contribution in [0.3, 0.4) is 0 Å². The first-order chi connectivity index (χ1) is 15.9. The first-order valence-electron chi connectivity index (χ1n) is 10.4. The molecule has 1 heterocycles. The molecule has 3 N–H and O–H groups in total. The van der Waals surface area contributed by atoms with E-state index < -0.39 is 5.97 Å². The van der Waals surface area contributed by atoms with Crippen molar-refractivity contribution in [2.45, 2.75) is 13.0 Å². The quantitative estimate of drug-likeness (QED) is 0.393. The van der Waals surface area contributed by atoms with E-state index in [0.717, 1.165) is 16.5 Å². The Morgan fingerprint density at radius 3 is 2.45 bits per heavy atom. The molecule has 0 fully saturated rings. The Bertz CT molecular complexity index is 1400. The van der Waals surface area contributed by atoms with Gasteiger partial charge in [-0.15, -0.1) is 0 Å². The summed E-state index contributed by atoms with van der Waals surface area (Å²) in [5, 5.41) is 25.5. The highest BCUT2D eigenvalue weighted by Gasteiger charge is 2.23. The van der Waals surface area contributed by atoms with E-state index in [9.17, 15) is 14.9 Å². The third-order valence-electron chi connectivity index (χ3n) is 5.59. The number of aryl methyl sites for hydroxylation is 1. The molecule has 33 heavy (non-hydrogen) atoms. The van der Waals surface area contributed by atoms with Crippen molar-refractivity contribution in [2.24, 2.45) is 7.05 Å². The molecule has 0 aliphatic carbocycles. The summed E-state index contributed by atoms with van der Waals surface area (Å²) < 4.78 is 1.83. The number of aromatic carboxylic acids is 1. The minimum absolute atomic E-state index is 0.192. The Morgan fingerprint density at radius 2 is 1.76 bits per heavy atom. The Morgan fingerprint density at radius 1 is 1.03 bits per heavy atom. The van der Waals surface area contributed by atoms with Crippen molar-refractivity contribution >= 4 is 34.2 Å². The third kappa shape index (κ3) is 4.27. The number of carboxylic acid groups (broad SMARTS) is 1. The zero-order valence-electron chi connectivity index (χ0n) is 18.2. The van der Waals surface area contributed by atoms with Crippen molar-refractivity contribution in [3.8, 4) is 6.07 Å². The standard InChI is InChI=1S/C26H22N4O3/c1-16(18-10-12-19(13-11-18)26(32)33)28-25(31)24-23(21-8-3-4-9-22(21)30(24)2)29-20-7-5-6-17(14-20)15-27/h3-14,16,29H,1-2H3,(H,28,31)(H,32,33). The lowest BCUT2D eigenvalue weighted by Crippen LogP contribution is -2.29. The predicted molar refractivity (Wildman–Crippen MR) is 127 cm³/mol. The number of rotatable bonds is 6. The van der Waals surface area contributed by atoms with E-state index in [1.807, 2.05) is 48.9 Å². The van der Waals surface area contributed by atoms with Gasteiger partial charge in [-0.3, -0.25) is 4.79 Å². The highest BCUT2D eigenvalue weighted by Crippen LogP contribution is 2.33. The zero-order valence-corrected chi connectivity index (χ0v) is 18.2. The average Bonchev–Trinajstić information content (AvgIpc) is 3.10. The molecule has 1 amide bonds. The van der Waals surface area contributed by atoms with Gasteiger partial charge in [0.05, 0.1) is 34.4 Å². The Balaban J connectivity index is 1.69. The molecule has 1 atom stereocenters. The van der Waals surface area contributed by atoms with Crippen LogP contribution < -0.4 is 10.6 Å². The monoisotopic (exact) mass is 438 g/mol. The van der Waals surface area contributed by atoms with E-state index >= 15 is 0 Å². The van der Waals surface area contributed by atoms with Gasteiger partial charge in [0.25, 0.3) is 5.91 Å². The van der Waals surface area contributed by atoms with Crippen molar-refractivity contribution < 1.29 is 14.7 Å². The van der Waals surface area contributed by atoms with Crippen LogP contribution in [0.5, 0.6) is 0 Å². The van der Waals surface area contributed by atoms with Crippen molar-refractivity contribution in [3.63, 3.8) is 0 Å². The third-order valence-corrected chi connectivity index (χ3v) is 5.59. The Hall–Kier alpha value is -4.57. The Labute approximate surface area is 190 Å². The maximum absolute atomic E-state index is 13.4. The summed E-state index contributed by atoms with van der Waals surface area (Å²) in [5.74, 6) is -1.27. The summed E-state index contributed by atoms with van der Waals surface area (Å²) in [6.45, 7) is 1.85. The molecule has 4 rings (SSSR count). The smallest absolute Gasteiger partial charge is 0.335 e. The number of nitrogens with one attached hydrogen (secondary N) is 2. The van der Waals surface area contributed by atoms with Crippen LogP contribution in [0.1, 0.15) is 44.9 Å². The average molecular weight is 438 g/mol. The van der Waals surface area contributed by atoms with Gasteiger partial charge in [0.2, 0.25) is 0 Å². The number of nitriles is 1. The number of amides is 1. The van der Waals surface area contributed by atoms with E-state index in [1.54, 1.807) is 30.3 Å². The summed E-state index contributed by atoms with van der Waals surface area (Å²) >= 11 is 0. The second-order valence-electron chi connectivity index (χ2n) is 7.74. The van der Waals surface area contributed by atoms with Crippen LogP contribution in [0, 0.1) is 11.3 Å². The van der Waals surface area contributed by atoms with Gasteiger partial charge in [-0.1, -0.05) is 36.4 Å². The van der Waals surface area contributed by atoms with Crippen LogP contribution in [0.4, 0.5) is 11.4 Å². The predicted octanol–water partition coefficient (Wildman–Crippen LogP) is 4.98. The minimum atomic E-state index is -0.995. The molecule has 3 aromatic carbocycles. The minimum Gasteiger partial charge on any atom is -0.478 e. The molecule has 0 saturated heterocycles. The number of benzene rings is 3. The van der Waals surface area contributed by atoms with Crippen molar-refractivity contribution in [1.82, 2.24) is 9.88 Å². The maximum Gasteiger partial charge on any atom is 0.335 e. The van der Waals surface area contributed by atoms with Crippen LogP contribution in [0.2, 0.25) is 0 Å². The molecule has 1 unspecified atom stereocenters. The summed E-state index contributed by atoms with van der Waals surface area (Å²) in [6.07, 6.45) is 0. The van der Waals surface area contributed by atoms with Crippen LogP contribution in [-0.2, 0) is 7.05 Å². The number of fused-ring (bicyclic) bond motifs is 1. The number of nitrogens with zero attached hydrogens (tertiary/aromatic N) is 2. The first-order valence-corrected chi connectivity index (χ1v) is 10.4. The zero-order chi connectivity index (χ0) is 23.5. The topological polar surface area (TPSA) is 107 Å². The Kier molecular flexibility index (Phi) is 5.83. The number of anilines is 2. The van der Waals surface area contributed by atoms with E-state index in [-0.39, 0.29) is 17.5 Å². The van der Waals surface area contributed by atoms with Gasteiger partial charge in [-0.05, 0) is 48.9 Å². The number of para-hydroxylation sites is 1. The number of carboxylic acids is 1. The van der Waals surface area contributed by atoms with Crippen molar-refractivity contribution in [2.75, 3.05) is 5.32 Å². The van der Waals surface area contributed by atoms with Gasteiger partial charge in [0.15, 0.2) is 0 Å². The van der Waals surface area contributed by atoms with E-state index in [0.29, 0.717) is 22.6 Å². The molecule has 0 saturated carbocycles. The van der Waals surface area contributed by atoms with E-state index in [4.69, 9.17) is 5.11 Å². The summed E-state index contributed by atoms with van der Waals surface area (Å²) in [7, 11) is 1.83.